The number of nitrogens with zero attached hydrogens (tertiary/aromatic N) is 3. The number of piperidine rings is 1. The molecule has 0 radical (unpaired) electrons. The topological polar surface area (TPSA) is 41.1 Å². The Kier molecular flexibility index (Phi) is 4.16. The van der Waals surface area contributed by atoms with Gasteiger partial charge in [0.2, 0.25) is 5.95 Å². The molecule has 104 valence electrons. The first-order chi connectivity index (χ1) is 9.81. The number of anilines is 3. The maximum absolute atomic E-state index is 4.61. The van der Waals surface area contributed by atoms with E-state index < -0.39 is 0 Å². The molecular weight excluding hydrogens is 316 g/mol. The lowest BCUT2D eigenvalue weighted by molar-refractivity contribution is 0.568. The second-order valence-corrected chi connectivity index (χ2v) is 5.84. The zero-order valence-electron chi connectivity index (χ0n) is 11.2. The summed E-state index contributed by atoms with van der Waals surface area (Å²) in [6, 6.07) is 9.96. The van der Waals surface area contributed by atoms with Crippen LogP contribution in [0.1, 0.15) is 19.3 Å². The summed E-state index contributed by atoms with van der Waals surface area (Å²) in [5.41, 5.74) is 1.02. The van der Waals surface area contributed by atoms with E-state index in [-0.39, 0.29) is 0 Å². The van der Waals surface area contributed by atoms with Crippen molar-refractivity contribution >= 4 is 33.4 Å². The van der Waals surface area contributed by atoms with Crippen LogP contribution in [0.3, 0.4) is 0 Å². The van der Waals surface area contributed by atoms with E-state index >= 15 is 0 Å². The zero-order chi connectivity index (χ0) is 13.8. The standard InChI is InChI=1S/C15H17BrN4/c16-12-4-6-13(7-5-12)18-14-8-9-17-15(19-14)20-10-2-1-3-11-20/h4-9H,1-3,10-11H2,(H,17,18,19). The number of hydrogen-bond acceptors (Lipinski definition) is 4. The monoisotopic (exact) mass is 332 g/mol. The van der Waals surface area contributed by atoms with Gasteiger partial charge in [0.1, 0.15) is 5.82 Å². The minimum Gasteiger partial charge on any atom is -0.341 e. The molecule has 2 heterocycles. The minimum atomic E-state index is 0.826. The molecule has 0 unspecified atom stereocenters. The third-order valence-corrected chi connectivity index (χ3v) is 3.93. The first kappa shape index (κ1) is 13.4. The highest BCUT2D eigenvalue weighted by atomic mass is 79.9. The van der Waals surface area contributed by atoms with Gasteiger partial charge in [0.25, 0.3) is 0 Å². The van der Waals surface area contributed by atoms with Crippen molar-refractivity contribution in [3.63, 3.8) is 0 Å². The summed E-state index contributed by atoms with van der Waals surface area (Å²) in [7, 11) is 0. The number of nitrogens with one attached hydrogen (secondary N) is 1. The molecule has 4 nitrogen and oxygen atoms in total. The zero-order valence-corrected chi connectivity index (χ0v) is 12.8. The average Bonchev–Trinajstić information content (AvgIpc) is 2.51. The van der Waals surface area contributed by atoms with E-state index in [2.05, 4.69) is 36.1 Å². The van der Waals surface area contributed by atoms with Gasteiger partial charge in [0.05, 0.1) is 0 Å². The number of benzene rings is 1. The normalized spacial score (nSPS) is 15.2. The first-order valence-corrected chi connectivity index (χ1v) is 7.71. The van der Waals surface area contributed by atoms with E-state index in [1.54, 1.807) is 0 Å². The molecule has 1 fully saturated rings. The van der Waals surface area contributed by atoms with Crippen LogP contribution in [0.5, 0.6) is 0 Å². The van der Waals surface area contributed by atoms with Gasteiger partial charge >= 0.3 is 0 Å². The Hall–Kier alpha value is -1.62. The van der Waals surface area contributed by atoms with Crippen molar-refractivity contribution in [2.75, 3.05) is 23.3 Å². The van der Waals surface area contributed by atoms with Crippen LogP contribution < -0.4 is 10.2 Å². The van der Waals surface area contributed by atoms with E-state index in [4.69, 9.17) is 0 Å². The quantitative estimate of drug-likeness (QED) is 0.923. The molecule has 0 atom stereocenters. The Labute approximate surface area is 127 Å². The summed E-state index contributed by atoms with van der Waals surface area (Å²) >= 11 is 3.43. The Bertz CT molecular complexity index is 564. The van der Waals surface area contributed by atoms with Gasteiger partial charge in [-0.2, -0.15) is 4.98 Å². The summed E-state index contributed by atoms with van der Waals surface area (Å²) in [6.07, 6.45) is 5.59. The average molecular weight is 333 g/mol. The molecule has 5 heteroatoms. The molecule has 0 bridgehead atoms. The van der Waals surface area contributed by atoms with Crippen LogP contribution >= 0.6 is 15.9 Å². The predicted molar refractivity (Wildman–Crippen MR) is 85.5 cm³/mol. The second kappa shape index (κ2) is 6.22. The molecule has 2 aromatic rings. The molecule has 20 heavy (non-hydrogen) atoms. The molecule has 0 aliphatic carbocycles. The number of rotatable bonds is 3. The molecule has 0 saturated carbocycles. The number of aromatic nitrogens is 2. The van der Waals surface area contributed by atoms with Gasteiger partial charge in [-0.3, -0.25) is 0 Å². The lowest BCUT2D eigenvalue weighted by atomic mass is 10.1. The Morgan fingerprint density at radius 1 is 1.00 bits per heavy atom. The van der Waals surface area contributed by atoms with E-state index in [1.807, 2.05) is 36.5 Å². The third-order valence-electron chi connectivity index (χ3n) is 3.40. The van der Waals surface area contributed by atoms with Gasteiger partial charge in [0, 0.05) is 29.4 Å². The summed E-state index contributed by atoms with van der Waals surface area (Å²) in [5.74, 6) is 1.66. The van der Waals surface area contributed by atoms with Crippen LogP contribution in [0.4, 0.5) is 17.5 Å². The van der Waals surface area contributed by atoms with Crippen LogP contribution in [-0.4, -0.2) is 23.1 Å². The molecular formula is C15H17BrN4. The SMILES string of the molecule is Brc1ccc(Nc2ccnc(N3CCCCC3)n2)cc1. The Morgan fingerprint density at radius 3 is 2.50 bits per heavy atom. The van der Waals surface area contributed by atoms with Crippen molar-refractivity contribution in [3.8, 4) is 0 Å². The lowest BCUT2D eigenvalue weighted by Crippen LogP contribution is -2.31. The fourth-order valence-corrected chi connectivity index (χ4v) is 2.61. The van der Waals surface area contributed by atoms with Gasteiger partial charge in [-0.05, 0) is 49.6 Å². The predicted octanol–water partition coefficient (Wildman–Crippen LogP) is 3.97. The first-order valence-electron chi connectivity index (χ1n) is 6.92. The molecule has 1 N–H and O–H groups in total. The van der Waals surface area contributed by atoms with Crippen molar-refractivity contribution in [2.45, 2.75) is 19.3 Å². The van der Waals surface area contributed by atoms with Gasteiger partial charge in [0.15, 0.2) is 0 Å². The summed E-state index contributed by atoms with van der Waals surface area (Å²) in [6.45, 7) is 2.11. The summed E-state index contributed by atoms with van der Waals surface area (Å²) in [5, 5.41) is 3.31. The van der Waals surface area contributed by atoms with E-state index in [0.29, 0.717) is 0 Å². The molecule has 1 aliphatic rings. The van der Waals surface area contributed by atoms with Gasteiger partial charge in [-0.1, -0.05) is 15.9 Å². The Morgan fingerprint density at radius 2 is 1.75 bits per heavy atom. The maximum Gasteiger partial charge on any atom is 0.227 e. The minimum absolute atomic E-state index is 0.826. The largest absolute Gasteiger partial charge is 0.341 e. The van der Waals surface area contributed by atoms with Crippen LogP contribution in [0.2, 0.25) is 0 Å². The van der Waals surface area contributed by atoms with Crippen LogP contribution in [0.25, 0.3) is 0 Å². The number of halogens is 1. The molecule has 0 amide bonds. The molecule has 1 saturated heterocycles. The lowest BCUT2D eigenvalue weighted by Gasteiger charge is -2.26. The molecule has 0 spiro atoms. The van der Waals surface area contributed by atoms with Gasteiger partial charge in [-0.15, -0.1) is 0 Å². The van der Waals surface area contributed by atoms with Crippen LogP contribution in [-0.2, 0) is 0 Å². The van der Waals surface area contributed by atoms with Crippen LogP contribution in [0.15, 0.2) is 41.0 Å². The fourth-order valence-electron chi connectivity index (χ4n) is 2.35. The maximum atomic E-state index is 4.61. The summed E-state index contributed by atoms with van der Waals surface area (Å²) in [4.78, 5) is 11.3. The highest BCUT2D eigenvalue weighted by molar-refractivity contribution is 9.10. The molecule has 1 aliphatic heterocycles. The van der Waals surface area contributed by atoms with Crippen molar-refractivity contribution in [1.82, 2.24) is 9.97 Å². The fraction of sp³-hybridized carbons (Fsp3) is 0.333. The molecule has 1 aromatic carbocycles. The van der Waals surface area contributed by atoms with Crippen molar-refractivity contribution in [3.05, 3.63) is 41.0 Å². The van der Waals surface area contributed by atoms with Crippen molar-refractivity contribution in [2.24, 2.45) is 0 Å². The second-order valence-electron chi connectivity index (χ2n) is 4.92. The Balaban J connectivity index is 1.75. The highest BCUT2D eigenvalue weighted by Crippen LogP contribution is 2.20. The highest BCUT2D eigenvalue weighted by Gasteiger charge is 2.13. The van der Waals surface area contributed by atoms with Gasteiger partial charge in [-0.25, -0.2) is 4.98 Å². The smallest absolute Gasteiger partial charge is 0.227 e. The van der Waals surface area contributed by atoms with Crippen molar-refractivity contribution in [1.29, 1.82) is 0 Å². The van der Waals surface area contributed by atoms with E-state index in [0.717, 1.165) is 35.0 Å². The van der Waals surface area contributed by atoms with E-state index in [1.165, 1.54) is 19.3 Å². The van der Waals surface area contributed by atoms with E-state index in [9.17, 15) is 0 Å². The van der Waals surface area contributed by atoms with Gasteiger partial charge < -0.3 is 10.2 Å². The van der Waals surface area contributed by atoms with Crippen molar-refractivity contribution < 1.29 is 0 Å². The summed E-state index contributed by atoms with van der Waals surface area (Å²) < 4.78 is 1.07. The number of hydrogen-bond donors (Lipinski definition) is 1. The third kappa shape index (κ3) is 3.28. The molecule has 1 aromatic heterocycles. The molecule has 3 rings (SSSR count). The van der Waals surface area contributed by atoms with Crippen LogP contribution in [0, 0.1) is 0 Å².